The van der Waals surface area contributed by atoms with Crippen LogP contribution in [0.15, 0.2) is 24.4 Å². The summed E-state index contributed by atoms with van der Waals surface area (Å²) in [6.07, 6.45) is 1.15. The number of para-hydroxylation sites is 1. The summed E-state index contributed by atoms with van der Waals surface area (Å²) >= 11 is 5.85. The van der Waals surface area contributed by atoms with Crippen LogP contribution in [0.1, 0.15) is 16.1 Å². The lowest BCUT2D eigenvalue weighted by Gasteiger charge is -2.09. The normalized spacial score (nSPS) is 10.3. The zero-order chi connectivity index (χ0) is 14.0. The van der Waals surface area contributed by atoms with E-state index in [1.165, 1.54) is 25.1 Å². The van der Waals surface area contributed by atoms with E-state index >= 15 is 0 Å². The van der Waals surface area contributed by atoms with Crippen LogP contribution in [0.5, 0.6) is 0 Å². The molecule has 1 heterocycles. The van der Waals surface area contributed by atoms with E-state index < -0.39 is 11.8 Å². The first-order chi connectivity index (χ1) is 8.99. The third kappa shape index (κ3) is 2.79. The van der Waals surface area contributed by atoms with Gasteiger partial charge in [0, 0.05) is 6.20 Å². The topological polar surface area (TPSA) is 75.1 Å². The Labute approximate surface area is 113 Å². The molecule has 2 aromatic rings. The molecule has 0 fully saturated rings. The lowest BCUT2D eigenvalue weighted by molar-refractivity contribution is 0.0695. The van der Waals surface area contributed by atoms with Gasteiger partial charge < -0.3 is 10.4 Å². The van der Waals surface area contributed by atoms with E-state index in [0.29, 0.717) is 0 Å². The van der Waals surface area contributed by atoms with Crippen molar-refractivity contribution in [2.45, 2.75) is 6.92 Å². The number of aromatic nitrogens is 2. The zero-order valence-corrected chi connectivity index (χ0v) is 10.6. The fourth-order valence-electron chi connectivity index (χ4n) is 1.47. The number of carbonyl (C=O) groups is 1. The number of aromatic carboxylic acids is 1. The number of carboxylic acids is 1. The molecule has 0 radical (unpaired) electrons. The fraction of sp³-hybridized carbons (Fsp3) is 0.0833. The number of carboxylic acid groups (broad SMARTS) is 1. The molecule has 2 N–H and O–H groups in total. The molecule has 0 unspecified atom stereocenters. The highest BCUT2D eigenvalue weighted by Crippen LogP contribution is 2.26. The monoisotopic (exact) mass is 281 g/mol. The minimum Gasteiger partial charge on any atom is -0.478 e. The van der Waals surface area contributed by atoms with Gasteiger partial charge in [0.1, 0.15) is 5.82 Å². The standard InChI is InChI=1S/C12H9ClFN3O2/c1-6-7(11(18)19)5-15-12(16-6)17-10-8(13)3-2-4-9(10)14/h2-5H,1H3,(H,18,19)(H,15,16,17). The maximum atomic E-state index is 13.5. The SMILES string of the molecule is Cc1nc(Nc2c(F)cccc2Cl)ncc1C(=O)O. The molecular weight excluding hydrogens is 273 g/mol. The second-order valence-electron chi connectivity index (χ2n) is 3.72. The van der Waals surface area contributed by atoms with Gasteiger partial charge in [0.15, 0.2) is 0 Å². The van der Waals surface area contributed by atoms with Crippen molar-refractivity contribution in [3.63, 3.8) is 0 Å². The number of aryl methyl sites for hydroxylation is 1. The van der Waals surface area contributed by atoms with E-state index in [2.05, 4.69) is 15.3 Å². The second-order valence-corrected chi connectivity index (χ2v) is 4.13. The Bertz CT molecular complexity index is 629. The minimum absolute atomic E-state index is 0.00909. The highest BCUT2D eigenvalue weighted by molar-refractivity contribution is 6.33. The molecule has 0 saturated heterocycles. The number of benzene rings is 1. The first kappa shape index (κ1) is 13.2. The fourth-order valence-corrected chi connectivity index (χ4v) is 1.68. The molecule has 2 rings (SSSR count). The molecule has 0 atom stereocenters. The van der Waals surface area contributed by atoms with Crippen molar-refractivity contribution in [3.05, 3.63) is 46.5 Å². The molecule has 98 valence electrons. The quantitative estimate of drug-likeness (QED) is 0.904. The van der Waals surface area contributed by atoms with Gasteiger partial charge >= 0.3 is 5.97 Å². The maximum absolute atomic E-state index is 13.5. The van der Waals surface area contributed by atoms with Crippen LogP contribution in [0.2, 0.25) is 5.02 Å². The molecule has 0 aliphatic rings. The van der Waals surface area contributed by atoms with Crippen LogP contribution in [0.4, 0.5) is 16.0 Å². The van der Waals surface area contributed by atoms with E-state index in [4.69, 9.17) is 16.7 Å². The van der Waals surface area contributed by atoms with Crippen molar-refractivity contribution in [3.8, 4) is 0 Å². The Morgan fingerprint density at radius 2 is 2.21 bits per heavy atom. The summed E-state index contributed by atoms with van der Waals surface area (Å²) in [7, 11) is 0. The minimum atomic E-state index is -1.12. The van der Waals surface area contributed by atoms with Crippen LogP contribution >= 0.6 is 11.6 Å². The molecule has 0 amide bonds. The van der Waals surface area contributed by atoms with E-state index in [9.17, 15) is 9.18 Å². The zero-order valence-electron chi connectivity index (χ0n) is 9.82. The molecule has 0 aliphatic heterocycles. The summed E-state index contributed by atoms with van der Waals surface area (Å²) in [5.41, 5.74) is 0.314. The van der Waals surface area contributed by atoms with E-state index in [0.717, 1.165) is 6.20 Å². The smallest absolute Gasteiger partial charge is 0.339 e. The Hall–Kier alpha value is -2.21. The second kappa shape index (κ2) is 5.19. The van der Waals surface area contributed by atoms with Gasteiger partial charge in [0.25, 0.3) is 0 Å². The highest BCUT2D eigenvalue weighted by Gasteiger charge is 2.12. The van der Waals surface area contributed by atoms with Crippen LogP contribution in [-0.2, 0) is 0 Å². The largest absolute Gasteiger partial charge is 0.478 e. The van der Waals surface area contributed by atoms with Gasteiger partial charge in [-0.2, -0.15) is 0 Å². The molecule has 0 saturated carbocycles. The maximum Gasteiger partial charge on any atom is 0.339 e. The van der Waals surface area contributed by atoms with Crippen molar-refractivity contribution in [1.29, 1.82) is 0 Å². The van der Waals surface area contributed by atoms with Crippen LogP contribution in [0, 0.1) is 12.7 Å². The predicted molar refractivity (Wildman–Crippen MR) is 68.4 cm³/mol. The number of nitrogens with one attached hydrogen (secondary N) is 1. The molecule has 5 nitrogen and oxygen atoms in total. The van der Waals surface area contributed by atoms with Crippen LogP contribution in [0.3, 0.4) is 0 Å². The lowest BCUT2D eigenvalue weighted by Crippen LogP contribution is -2.06. The summed E-state index contributed by atoms with van der Waals surface area (Å²) < 4.78 is 13.5. The van der Waals surface area contributed by atoms with Crippen LogP contribution in [-0.4, -0.2) is 21.0 Å². The van der Waals surface area contributed by atoms with Crippen molar-refractivity contribution < 1.29 is 14.3 Å². The summed E-state index contributed by atoms with van der Waals surface area (Å²) in [6.45, 7) is 1.53. The molecule has 0 aliphatic carbocycles. The van der Waals surface area contributed by atoms with E-state index in [-0.39, 0.29) is 27.9 Å². The van der Waals surface area contributed by atoms with Crippen molar-refractivity contribution in [1.82, 2.24) is 9.97 Å². The third-order valence-corrected chi connectivity index (χ3v) is 2.72. The van der Waals surface area contributed by atoms with Gasteiger partial charge in [-0.3, -0.25) is 0 Å². The Kier molecular flexibility index (Phi) is 3.62. The summed E-state index contributed by atoms with van der Waals surface area (Å²) in [4.78, 5) is 18.6. The molecule has 19 heavy (non-hydrogen) atoms. The highest BCUT2D eigenvalue weighted by atomic mass is 35.5. The van der Waals surface area contributed by atoms with Gasteiger partial charge in [0.05, 0.1) is 22.0 Å². The molecule has 7 heteroatoms. The van der Waals surface area contributed by atoms with E-state index in [1.54, 1.807) is 0 Å². The average Bonchev–Trinajstić information content (AvgIpc) is 2.33. The number of nitrogens with zero attached hydrogens (tertiary/aromatic N) is 2. The molecule has 1 aromatic heterocycles. The van der Waals surface area contributed by atoms with E-state index in [1.807, 2.05) is 0 Å². The Morgan fingerprint density at radius 1 is 1.47 bits per heavy atom. The average molecular weight is 282 g/mol. The van der Waals surface area contributed by atoms with Gasteiger partial charge in [-0.25, -0.2) is 19.2 Å². The van der Waals surface area contributed by atoms with Gasteiger partial charge in [-0.1, -0.05) is 17.7 Å². The summed E-state index contributed by atoms with van der Waals surface area (Å²) in [5.74, 6) is -1.58. The first-order valence-corrected chi connectivity index (χ1v) is 5.65. The molecular formula is C12H9ClFN3O2. The molecule has 0 bridgehead atoms. The van der Waals surface area contributed by atoms with Gasteiger partial charge in [0.2, 0.25) is 5.95 Å². The number of hydrogen-bond donors (Lipinski definition) is 2. The number of anilines is 2. The molecule has 0 spiro atoms. The van der Waals surface area contributed by atoms with Gasteiger partial charge in [-0.05, 0) is 19.1 Å². The van der Waals surface area contributed by atoms with Crippen molar-refractivity contribution in [2.24, 2.45) is 0 Å². The number of halogens is 2. The summed E-state index contributed by atoms with van der Waals surface area (Å²) in [5, 5.41) is 11.7. The first-order valence-electron chi connectivity index (χ1n) is 5.27. The van der Waals surface area contributed by atoms with Crippen LogP contribution in [0.25, 0.3) is 0 Å². The Morgan fingerprint density at radius 3 is 2.79 bits per heavy atom. The van der Waals surface area contributed by atoms with Crippen molar-refractivity contribution >= 4 is 29.2 Å². The molecule has 1 aromatic carbocycles. The third-order valence-electron chi connectivity index (χ3n) is 2.41. The van der Waals surface area contributed by atoms with Crippen LogP contribution < -0.4 is 5.32 Å². The summed E-state index contributed by atoms with van der Waals surface area (Å²) in [6, 6.07) is 4.24. The van der Waals surface area contributed by atoms with Gasteiger partial charge in [-0.15, -0.1) is 0 Å². The predicted octanol–water partition coefficient (Wildman–Crippen LogP) is 3.02. The number of hydrogen-bond acceptors (Lipinski definition) is 4. The number of rotatable bonds is 3. The lowest BCUT2D eigenvalue weighted by atomic mass is 10.2. The van der Waals surface area contributed by atoms with Crippen molar-refractivity contribution in [2.75, 3.05) is 5.32 Å². The Balaban J connectivity index is 2.34.